The van der Waals surface area contributed by atoms with Crippen molar-refractivity contribution in [3.8, 4) is 11.9 Å². The molecule has 10 nitrogen and oxygen atoms in total. The maximum atomic E-state index is 13.3. The molecule has 2 aromatic carbocycles. The topological polar surface area (TPSA) is 122 Å². The number of alkyl halides is 3. The Hall–Kier alpha value is -3.52. The van der Waals surface area contributed by atoms with E-state index in [2.05, 4.69) is 14.2 Å². The Morgan fingerprint density at radius 3 is 2.47 bits per heavy atom. The molecular weight excluding hydrogens is 613 g/mol. The van der Waals surface area contributed by atoms with Gasteiger partial charge in [0.15, 0.2) is 0 Å². The highest BCUT2D eigenvalue weighted by atomic mass is 35.5. The van der Waals surface area contributed by atoms with E-state index in [1.807, 2.05) is 56.0 Å². The lowest BCUT2D eigenvalue weighted by atomic mass is 9.72. The number of hydrogen-bond acceptors (Lipinski definition) is 8. The fourth-order valence-corrected chi connectivity index (χ4v) is 6.61. The van der Waals surface area contributed by atoms with E-state index in [4.69, 9.17) is 16.3 Å². The van der Waals surface area contributed by atoms with Crippen molar-refractivity contribution < 1.29 is 40.4 Å². The van der Waals surface area contributed by atoms with Gasteiger partial charge >= 0.3 is 27.7 Å². The third kappa shape index (κ3) is 5.62. The summed E-state index contributed by atoms with van der Waals surface area (Å²) in [5.41, 5.74) is -6.22. The highest BCUT2D eigenvalue weighted by molar-refractivity contribution is 7.88. The van der Waals surface area contributed by atoms with Gasteiger partial charge in [-0.3, -0.25) is 4.90 Å². The number of benzene rings is 2. The average Bonchev–Trinajstić information content (AvgIpc) is 3.37. The van der Waals surface area contributed by atoms with Gasteiger partial charge in [-0.25, -0.2) is 4.79 Å². The Labute approximate surface area is 251 Å². The minimum Gasteiger partial charge on any atom is -0.465 e. The van der Waals surface area contributed by atoms with Gasteiger partial charge in [-0.2, -0.15) is 31.6 Å². The van der Waals surface area contributed by atoms with Gasteiger partial charge in [-0.1, -0.05) is 56.6 Å². The Balaban J connectivity index is 1.55. The van der Waals surface area contributed by atoms with Crippen molar-refractivity contribution in [1.29, 1.82) is 0 Å². The number of ether oxygens (including phenoxy) is 1. The third-order valence-electron chi connectivity index (χ3n) is 8.21. The van der Waals surface area contributed by atoms with E-state index < -0.39 is 44.6 Å². The Kier molecular flexibility index (Phi) is 7.83. The number of anilines is 1. The molecule has 43 heavy (non-hydrogen) atoms. The van der Waals surface area contributed by atoms with Gasteiger partial charge in [0.05, 0.1) is 22.8 Å². The summed E-state index contributed by atoms with van der Waals surface area (Å²) < 4.78 is 74.4. The fourth-order valence-electron chi connectivity index (χ4n) is 5.89. The molecule has 232 valence electrons. The maximum Gasteiger partial charge on any atom is 0.534 e. The van der Waals surface area contributed by atoms with Crippen LogP contribution in [0.3, 0.4) is 0 Å². The number of amides is 1. The lowest BCUT2D eigenvalue weighted by Gasteiger charge is -2.46. The standard InChI is InChI=1S/C28H30ClF3N4O6S/c1-26(2,3)27(12-6-13-36(27)25(37)38)16-41-24-33-20-15-35(21-10-5-8-17-7-4-9-19(29)22(17)21)14-11-18(20)23(34-24)42-43(39,40)28(30,31)32/h4-5,7-10H,6,11-16H2,1-3H3,(H,37,38)/t27-/m1/s1. The van der Waals surface area contributed by atoms with Gasteiger partial charge in [-0.05, 0) is 42.2 Å². The van der Waals surface area contributed by atoms with Crippen LogP contribution in [0.25, 0.3) is 10.8 Å². The second-order valence-corrected chi connectivity index (χ2v) is 13.6. The Morgan fingerprint density at radius 2 is 1.81 bits per heavy atom. The molecule has 5 rings (SSSR count). The van der Waals surface area contributed by atoms with Crippen LogP contribution < -0.4 is 13.8 Å². The van der Waals surface area contributed by atoms with Crippen molar-refractivity contribution >= 4 is 44.3 Å². The summed E-state index contributed by atoms with van der Waals surface area (Å²) in [6.45, 7) is 6.00. The van der Waals surface area contributed by atoms with Crippen LogP contribution in [0.15, 0.2) is 36.4 Å². The monoisotopic (exact) mass is 642 g/mol. The van der Waals surface area contributed by atoms with Gasteiger partial charge < -0.3 is 18.9 Å². The van der Waals surface area contributed by atoms with Crippen molar-refractivity contribution in [3.63, 3.8) is 0 Å². The first-order valence-electron chi connectivity index (χ1n) is 13.5. The normalized spacial score (nSPS) is 19.4. The van der Waals surface area contributed by atoms with E-state index in [-0.39, 0.29) is 43.9 Å². The van der Waals surface area contributed by atoms with Gasteiger partial charge in [-0.15, -0.1) is 0 Å². The van der Waals surface area contributed by atoms with Crippen LogP contribution in [-0.2, 0) is 23.1 Å². The predicted molar refractivity (Wildman–Crippen MR) is 153 cm³/mol. The van der Waals surface area contributed by atoms with Gasteiger partial charge in [0.2, 0.25) is 5.88 Å². The second-order valence-electron chi connectivity index (χ2n) is 11.6. The van der Waals surface area contributed by atoms with Gasteiger partial charge in [0.25, 0.3) is 0 Å². The van der Waals surface area contributed by atoms with Gasteiger partial charge in [0.1, 0.15) is 6.61 Å². The summed E-state index contributed by atoms with van der Waals surface area (Å²) in [5, 5.41) is 12.1. The zero-order valence-electron chi connectivity index (χ0n) is 23.6. The SMILES string of the molecule is CC(C)(C)[C@]1(COc2nc3c(c(OS(=O)(=O)C(F)(F)F)n2)CCN(c2cccc4cccc(Cl)c24)C3)CCCN1C(=O)O. The largest absolute Gasteiger partial charge is 0.534 e. The molecule has 1 atom stereocenters. The molecule has 2 aliphatic heterocycles. The van der Waals surface area contributed by atoms with Crippen LogP contribution in [-0.4, -0.2) is 65.2 Å². The van der Waals surface area contributed by atoms with Crippen LogP contribution in [0.1, 0.15) is 44.9 Å². The predicted octanol–water partition coefficient (Wildman–Crippen LogP) is 6.01. The second kappa shape index (κ2) is 10.9. The lowest BCUT2D eigenvalue weighted by Crippen LogP contribution is -2.59. The minimum absolute atomic E-state index is 0.0621. The zero-order chi connectivity index (χ0) is 31.4. The molecule has 1 amide bonds. The molecule has 2 aliphatic rings. The molecule has 1 aromatic heterocycles. The highest BCUT2D eigenvalue weighted by Crippen LogP contribution is 2.44. The lowest BCUT2D eigenvalue weighted by molar-refractivity contribution is -0.0502. The minimum atomic E-state index is -6.05. The van der Waals surface area contributed by atoms with Crippen molar-refractivity contribution in [2.75, 3.05) is 24.6 Å². The first kappa shape index (κ1) is 30.9. The Bertz CT molecular complexity index is 1680. The molecule has 1 saturated heterocycles. The molecule has 3 heterocycles. The fraction of sp³-hybridized carbons (Fsp3) is 0.464. The van der Waals surface area contributed by atoms with Crippen molar-refractivity contribution in [2.24, 2.45) is 5.41 Å². The number of likely N-dealkylation sites (tertiary alicyclic amines) is 1. The molecule has 3 aromatic rings. The molecular formula is C28H30ClF3N4O6S. The molecule has 0 spiro atoms. The van der Waals surface area contributed by atoms with E-state index in [1.54, 1.807) is 6.07 Å². The van der Waals surface area contributed by atoms with E-state index >= 15 is 0 Å². The zero-order valence-corrected chi connectivity index (χ0v) is 25.2. The van der Waals surface area contributed by atoms with Crippen molar-refractivity contribution in [1.82, 2.24) is 14.9 Å². The number of fused-ring (bicyclic) bond motifs is 2. The summed E-state index contributed by atoms with van der Waals surface area (Å²) in [6.07, 6.45) is -0.0155. The summed E-state index contributed by atoms with van der Waals surface area (Å²) in [4.78, 5) is 23.7. The number of carboxylic acid groups (broad SMARTS) is 1. The van der Waals surface area contributed by atoms with Crippen LogP contribution in [0.2, 0.25) is 5.02 Å². The Morgan fingerprint density at radius 1 is 1.12 bits per heavy atom. The van der Waals surface area contributed by atoms with Gasteiger partial charge in [0, 0.05) is 29.7 Å². The number of hydrogen-bond donors (Lipinski definition) is 1. The molecule has 0 aliphatic carbocycles. The van der Waals surface area contributed by atoms with E-state index in [9.17, 15) is 31.5 Å². The van der Waals surface area contributed by atoms with Crippen molar-refractivity contribution in [2.45, 2.75) is 57.6 Å². The summed E-state index contributed by atoms with van der Waals surface area (Å²) >= 11 is 6.52. The quantitative estimate of drug-likeness (QED) is 0.254. The van der Waals surface area contributed by atoms with Crippen LogP contribution in [0.5, 0.6) is 11.9 Å². The first-order chi connectivity index (χ1) is 20.0. The smallest absolute Gasteiger partial charge is 0.465 e. The number of aromatic nitrogens is 2. The first-order valence-corrected chi connectivity index (χ1v) is 15.3. The third-order valence-corrected chi connectivity index (χ3v) is 9.47. The van der Waals surface area contributed by atoms with Crippen molar-refractivity contribution in [3.05, 3.63) is 52.7 Å². The summed E-state index contributed by atoms with van der Waals surface area (Å²) in [5.74, 6) is -0.778. The average molecular weight is 643 g/mol. The summed E-state index contributed by atoms with van der Waals surface area (Å²) in [7, 11) is -6.05. The maximum absolute atomic E-state index is 13.3. The molecule has 0 bridgehead atoms. The molecule has 0 radical (unpaired) electrons. The number of carbonyl (C=O) groups is 1. The molecule has 0 saturated carbocycles. The number of rotatable bonds is 6. The van der Waals surface area contributed by atoms with E-state index in [0.29, 0.717) is 17.9 Å². The highest BCUT2D eigenvalue weighted by Gasteiger charge is 2.53. The van der Waals surface area contributed by atoms with Crippen LogP contribution in [0.4, 0.5) is 23.7 Å². The van der Waals surface area contributed by atoms with Crippen LogP contribution >= 0.6 is 11.6 Å². The molecule has 1 N–H and O–H groups in total. The molecule has 15 heteroatoms. The number of halogens is 4. The molecule has 0 unspecified atom stereocenters. The molecule has 1 fully saturated rings. The van der Waals surface area contributed by atoms with E-state index in [0.717, 1.165) is 16.5 Å². The van der Waals surface area contributed by atoms with Crippen LogP contribution in [0, 0.1) is 5.41 Å². The number of nitrogens with zero attached hydrogens (tertiary/aromatic N) is 4. The van der Waals surface area contributed by atoms with E-state index in [1.165, 1.54) is 4.90 Å². The summed E-state index contributed by atoms with van der Waals surface area (Å²) in [6, 6.07) is 10.7.